The van der Waals surface area contributed by atoms with E-state index in [1.54, 1.807) is 0 Å². The number of benzene rings is 1. The van der Waals surface area contributed by atoms with E-state index in [0.29, 0.717) is 6.07 Å². The minimum Gasteiger partial charge on any atom is -0.396 e. The van der Waals surface area contributed by atoms with Gasteiger partial charge in [-0.2, -0.15) is 0 Å². The van der Waals surface area contributed by atoms with Crippen LogP contribution in [0.5, 0.6) is 0 Å². The number of nitrogens with one attached hydrogen (secondary N) is 1. The molecule has 0 aliphatic rings. The van der Waals surface area contributed by atoms with Crippen molar-refractivity contribution < 1.29 is 13.6 Å². The van der Waals surface area contributed by atoms with Crippen molar-refractivity contribution >= 4 is 11.6 Å². The summed E-state index contributed by atoms with van der Waals surface area (Å²) in [4.78, 5) is 11.3. The Labute approximate surface area is 85.3 Å². The fourth-order valence-electron chi connectivity index (χ4n) is 0.966. The molecule has 3 nitrogen and oxygen atoms in total. The van der Waals surface area contributed by atoms with Crippen molar-refractivity contribution in [3.8, 4) is 12.3 Å². The smallest absolute Gasteiger partial charge is 0.255 e. The number of nitrogen functional groups attached to an aromatic ring is 1. The summed E-state index contributed by atoms with van der Waals surface area (Å²) in [5.74, 6) is -0.448. The summed E-state index contributed by atoms with van der Waals surface area (Å²) < 4.78 is 25.8. The van der Waals surface area contributed by atoms with E-state index in [-0.39, 0.29) is 17.8 Å². The highest BCUT2D eigenvalue weighted by atomic mass is 19.1. The molecule has 0 unspecified atom stereocenters. The van der Waals surface area contributed by atoms with Crippen molar-refractivity contribution in [1.29, 1.82) is 0 Å². The average Bonchev–Trinajstić information content (AvgIpc) is 2.20. The highest BCUT2D eigenvalue weighted by molar-refractivity contribution is 5.95. The predicted octanol–water partition coefficient (Wildman–Crippen LogP) is 0.910. The third-order valence-corrected chi connectivity index (χ3v) is 1.68. The SMILES string of the molecule is C#CCNC(=O)c1cc(N)c(F)cc1F. The van der Waals surface area contributed by atoms with Gasteiger partial charge >= 0.3 is 0 Å². The van der Waals surface area contributed by atoms with Gasteiger partial charge in [0.25, 0.3) is 5.91 Å². The van der Waals surface area contributed by atoms with Gasteiger partial charge in [0.05, 0.1) is 17.8 Å². The van der Waals surface area contributed by atoms with Crippen LogP contribution in [0, 0.1) is 24.0 Å². The lowest BCUT2D eigenvalue weighted by Gasteiger charge is -2.04. The zero-order chi connectivity index (χ0) is 11.4. The predicted molar refractivity (Wildman–Crippen MR) is 51.9 cm³/mol. The zero-order valence-electron chi connectivity index (χ0n) is 7.68. The molecule has 0 atom stereocenters. The summed E-state index contributed by atoms with van der Waals surface area (Å²) in [6, 6.07) is 1.48. The molecule has 78 valence electrons. The van der Waals surface area contributed by atoms with Crippen LogP contribution in [0.4, 0.5) is 14.5 Å². The van der Waals surface area contributed by atoms with Gasteiger partial charge in [0.1, 0.15) is 11.6 Å². The monoisotopic (exact) mass is 210 g/mol. The van der Waals surface area contributed by atoms with Gasteiger partial charge in [-0.3, -0.25) is 4.79 Å². The van der Waals surface area contributed by atoms with Crippen LogP contribution >= 0.6 is 0 Å². The van der Waals surface area contributed by atoms with Crippen molar-refractivity contribution in [1.82, 2.24) is 5.32 Å². The molecule has 5 heteroatoms. The fourth-order valence-corrected chi connectivity index (χ4v) is 0.966. The summed E-state index contributed by atoms with van der Waals surface area (Å²) >= 11 is 0. The topological polar surface area (TPSA) is 55.1 Å². The van der Waals surface area contributed by atoms with Gasteiger partial charge in [-0.05, 0) is 6.07 Å². The summed E-state index contributed by atoms with van der Waals surface area (Å²) in [6.45, 7) is -0.0322. The van der Waals surface area contributed by atoms with Gasteiger partial charge in [-0.15, -0.1) is 6.42 Å². The van der Waals surface area contributed by atoms with Crippen LogP contribution in [0.15, 0.2) is 12.1 Å². The summed E-state index contributed by atoms with van der Waals surface area (Å²) in [6.07, 6.45) is 4.90. The summed E-state index contributed by atoms with van der Waals surface area (Å²) in [5.41, 5.74) is 4.57. The molecule has 1 aromatic carbocycles. The molecule has 0 spiro atoms. The molecule has 0 bridgehead atoms. The molecule has 0 saturated carbocycles. The van der Waals surface area contributed by atoms with Crippen LogP contribution in [0.25, 0.3) is 0 Å². The number of nitrogens with two attached hydrogens (primary N) is 1. The number of hydrogen-bond donors (Lipinski definition) is 2. The molecule has 1 amide bonds. The maximum Gasteiger partial charge on any atom is 0.255 e. The molecule has 15 heavy (non-hydrogen) atoms. The van der Waals surface area contributed by atoms with Crippen LogP contribution in [0.1, 0.15) is 10.4 Å². The molecule has 0 aliphatic heterocycles. The van der Waals surface area contributed by atoms with Gasteiger partial charge in [0.15, 0.2) is 0 Å². The number of anilines is 1. The average molecular weight is 210 g/mol. The zero-order valence-corrected chi connectivity index (χ0v) is 7.68. The highest BCUT2D eigenvalue weighted by Crippen LogP contribution is 2.16. The van der Waals surface area contributed by atoms with Crippen molar-refractivity contribution in [2.24, 2.45) is 0 Å². The Morgan fingerprint density at radius 2 is 2.13 bits per heavy atom. The summed E-state index contributed by atoms with van der Waals surface area (Å²) in [5, 5.41) is 2.24. The molecule has 3 N–H and O–H groups in total. The van der Waals surface area contributed by atoms with Crippen molar-refractivity contribution in [2.75, 3.05) is 12.3 Å². The van der Waals surface area contributed by atoms with Crippen LogP contribution in [0.2, 0.25) is 0 Å². The molecular weight excluding hydrogens is 202 g/mol. The standard InChI is InChI=1S/C10H8F2N2O/c1-2-3-14-10(15)6-4-9(13)8(12)5-7(6)11/h1,4-5H,3,13H2,(H,14,15). The molecular formula is C10H8F2N2O. The van der Waals surface area contributed by atoms with E-state index >= 15 is 0 Å². The van der Waals surface area contributed by atoms with E-state index in [9.17, 15) is 13.6 Å². The lowest BCUT2D eigenvalue weighted by Crippen LogP contribution is -2.24. The normalized spacial score (nSPS) is 9.40. The number of carbonyl (C=O) groups is 1. The quantitative estimate of drug-likeness (QED) is 0.563. The fraction of sp³-hybridized carbons (Fsp3) is 0.100. The van der Waals surface area contributed by atoms with E-state index in [0.717, 1.165) is 6.07 Å². The van der Waals surface area contributed by atoms with E-state index < -0.39 is 17.5 Å². The second kappa shape index (κ2) is 4.42. The van der Waals surface area contributed by atoms with E-state index in [1.165, 1.54) is 0 Å². The lowest BCUT2D eigenvalue weighted by molar-refractivity contribution is 0.0954. The Bertz CT molecular complexity index is 438. The molecule has 0 fully saturated rings. The first-order chi connectivity index (χ1) is 7.06. The molecule has 0 saturated heterocycles. The Morgan fingerprint density at radius 1 is 1.47 bits per heavy atom. The Morgan fingerprint density at radius 3 is 2.73 bits per heavy atom. The third-order valence-electron chi connectivity index (χ3n) is 1.68. The first kappa shape index (κ1) is 11.0. The minimum absolute atomic E-state index is 0.0322. The van der Waals surface area contributed by atoms with Gasteiger partial charge in [-0.25, -0.2) is 8.78 Å². The maximum absolute atomic E-state index is 13.1. The Kier molecular flexibility index (Phi) is 3.24. The number of amides is 1. The van der Waals surface area contributed by atoms with Crippen LogP contribution < -0.4 is 11.1 Å². The molecule has 0 radical (unpaired) electrons. The van der Waals surface area contributed by atoms with E-state index in [4.69, 9.17) is 12.2 Å². The van der Waals surface area contributed by atoms with Crippen molar-refractivity contribution in [2.45, 2.75) is 0 Å². The Balaban J connectivity index is 3.00. The minimum atomic E-state index is -0.976. The van der Waals surface area contributed by atoms with E-state index in [2.05, 4.69) is 11.2 Å². The van der Waals surface area contributed by atoms with Crippen LogP contribution in [-0.2, 0) is 0 Å². The number of rotatable bonds is 2. The maximum atomic E-state index is 13.1. The van der Waals surface area contributed by atoms with Crippen LogP contribution in [-0.4, -0.2) is 12.5 Å². The molecule has 0 aromatic heterocycles. The number of hydrogen-bond acceptors (Lipinski definition) is 2. The van der Waals surface area contributed by atoms with Crippen molar-refractivity contribution in [3.05, 3.63) is 29.3 Å². The number of terminal acetylenes is 1. The van der Waals surface area contributed by atoms with Crippen LogP contribution in [0.3, 0.4) is 0 Å². The second-order valence-corrected chi connectivity index (χ2v) is 2.74. The Hall–Kier alpha value is -2.09. The molecule has 1 rings (SSSR count). The molecule has 0 heterocycles. The highest BCUT2D eigenvalue weighted by Gasteiger charge is 2.13. The first-order valence-electron chi connectivity index (χ1n) is 4.02. The number of halogens is 2. The van der Waals surface area contributed by atoms with Gasteiger partial charge in [0.2, 0.25) is 0 Å². The van der Waals surface area contributed by atoms with Gasteiger partial charge in [0, 0.05) is 6.07 Å². The second-order valence-electron chi connectivity index (χ2n) is 2.74. The molecule has 0 aliphatic carbocycles. The van der Waals surface area contributed by atoms with Crippen molar-refractivity contribution in [3.63, 3.8) is 0 Å². The molecule has 1 aromatic rings. The number of carbonyl (C=O) groups excluding carboxylic acids is 1. The van der Waals surface area contributed by atoms with Gasteiger partial charge < -0.3 is 11.1 Å². The van der Waals surface area contributed by atoms with E-state index in [1.807, 2.05) is 0 Å². The largest absolute Gasteiger partial charge is 0.396 e. The summed E-state index contributed by atoms with van der Waals surface area (Å²) in [7, 11) is 0. The third kappa shape index (κ3) is 2.44. The lowest BCUT2D eigenvalue weighted by atomic mass is 10.1. The first-order valence-corrected chi connectivity index (χ1v) is 4.02. The van der Waals surface area contributed by atoms with Gasteiger partial charge in [-0.1, -0.05) is 5.92 Å².